The Bertz CT molecular complexity index is 3760. The Morgan fingerprint density at radius 3 is 2.59 bits per heavy atom. The van der Waals surface area contributed by atoms with Crippen LogP contribution in [-0.2, 0) is 20.9 Å². The Kier molecular flexibility index (Phi) is 13.8. The van der Waals surface area contributed by atoms with Crippen molar-refractivity contribution in [2.45, 2.75) is 114 Å². The fourth-order valence-electron chi connectivity index (χ4n) is 13.0. The van der Waals surface area contributed by atoms with Gasteiger partial charge in [-0.15, -0.1) is 16.4 Å². The van der Waals surface area contributed by atoms with Gasteiger partial charge in [0, 0.05) is 66.5 Å². The number of anilines is 1. The van der Waals surface area contributed by atoms with Gasteiger partial charge in [-0.3, -0.25) is 14.7 Å². The third-order valence-electron chi connectivity index (χ3n) is 17.6. The van der Waals surface area contributed by atoms with Crippen molar-refractivity contribution >= 4 is 62.4 Å². The molecule has 6 aliphatic rings. The summed E-state index contributed by atoms with van der Waals surface area (Å²) >= 11 is 9.19. The van der Waals surface area contributed by atoms with E-state index >= 15 is 4.39 Å². The van der Waals surface area contributed by atoms with Gasteiger partial charge in [-0.05, 0) is 67.3 Å². The van der Waals surface area contributed by atoms with Crippen LogP contribution in [0.25, 0.3) is 54.6 Å². The maximum absolute atomic E-state index is 16.1. The zero-order valence-corrected chi connectivity index (χ0v) is 46.6. The molecule has 4 aromatic carbocycles. The number of piperazine rings is 1. The molecule has 1 aliphatic carbocycles. The molecule has 4 saturated heterocycles. The number of rotatable bonds is 15. The monoisotopic (exact) mass is 1150 g/mol. The number of thiazole rings is 1. The standard InChI is InChI=1S/C59H60ClFN12O8S/c1-29-40(61)20-41-39(22-64-68-41)47(29)48-50(60)53-49-51(66-59(81-38-14-16-78-17-15-38)67-56(49)73-36-18-42(62-21-36)46(73)27-80-53)54(48)79-26-31-6-8-32(9-7-31)43-24-72(70-69-43)52(34-4-3-5-34)58(77)71-23-37(75)19-45(71)57(76)65-44(25-74)33-10-12-35(13-11-33)55-30(2)63-28-82-55/h6-13,20,22,24,28,34,36-38,42,44-46,52,62,74-75H,3-5,14-19,21,23,25-27H2,1-2H3,(H,64,68)(H,65,76)/t36-,37+,42-,44-,45-,46+,52-/m0/s1. The number of benzene rings is 4. The normalized spacial score (nSPS) is 22.2. The van der Waals surface area contributed by atoms with Crippen LogP contribution in [0.15, 0.2) is 72.5 Å². The molecule has 5 fully saturated rings. The highest BCUT2D eigenvalue weighted by molar-refractivity contribution is 7.13. The summed E-state index contributed by atoms with van der Waals surface area (Å²) < 4.78 is 43.7. The van der Waals surface area contributed by atoms with E-state index in [1.54, 1.807) is 40.8 Å². The lowest BCUT2D eigenvalue weighted by Gasteiger charge is -2.36. The number of carbonyl (C=O) groups is 2. The molecule has 7 atom stereocenters. The molecule has 14 rings (SSSR count). The number of nitrogens with one attached hydrogen (secondary N) is 3. The van der Waals surface area contributed by atoms with E-state index in [1.807, 2.05) is 55.5 Å². The average Bonchev–Trinajstić information content (AvgIpc) is 2.26. The van der Waals surface area contributed by atoms with E-state index in [1.165, 1.54) is 11.0 Å². The minimum Gasteiger partial charge on any atom is -0.489 e. The van der Waals surface area contributed by atoms with Gasteiger partial charge >= 0.3 is 6.01 Å². The van der Waals surface area contributed by atoms with Crippen LogP contribution in [0.3, 0.4) is 0 Å². The highest BCUT2D eigenvalue weighted by atomic mass is 35.5. The fraction of sp³-hybridized carbons (Fsp3) is 0.424. The number of nitrogens with zero attached hydrogens (tertiary/aromatic N) is 9. The van der Waals surface area contributed by atoms with Gasteiger partial charge in [0.25, 0.3) is 0 Å². The maximum atomic E-state index is 16.1. The summed E-state index contributed by atoms with van der Waals surface area (Å²) in [6.07, 6.45) is 7.17. The van der Waals surface area contributed by atoms with Gasteiger partial charge in [-0.25, -0.2) is 14.1 Å². The topological polar surface area (TPSA) is 240 Å². The lowest BCUT2D eigenvalue weighted by molar-refractivity contribution is -0.144. The Balaban J connectivity index is 0.755. The van der Waals surface area contributed by atoms with E-state index in [0.29, 0.717) is 99.7 Å². The number of ether oxygens (including phenoxy) is 4. The van der Waals surface area contributed by atoms with Crippen molar-refractivity contribution in [3.8, 4) is 50.3 Å². The molecule has 2 amide bonds. The first kappa shape index (κ1) is 52.7. The second-order valence-corrected chi connectivity index (χ2v) is 23.7. The fourth-order valence-corrected chi connectivity index (χ4v) is 14.1. The van der Waals surface area contributed by atoms with Crippen LogP contribution in [0.4, 0.5) is 10.2 Å². The van der Waals surface area contributed by atoms with Crippen LogP contribution in [-0.4, -0.2) is 143 Å². The summed E-state index contributed by atoms with van der Waals surface area (Å²) in [6, 6.07) is 14.7. The molecule has 424 valence electrons. The number of hydrogen-bond acceptors (Lipinski definition) is 17. The summed E-state index contributed by atoms with van der Waals surface area (Å²) in [4.78, 5) is 48.4. The van der Waals surface area contributed by atoms with Crippen LogP contribution >= 0.6 is 22.9 Å². The lowest BCUT2D eigenvalue weighted by atomic mass is 9.79. The third kappa shape index (κ3) is 9.27. The van der Waals surface area contributed by atoms with Crippen molar-refractivity contribution < 1.29 is 43.1 Å². The molecule has 5 aliphatic heterocycles. The number of aromatic amines is 1. The number of hydrogen-bond donors (Lipinski definition) is 5. The molecule has 20 nitrogen and oxygen atoms in total. The van der Waals surface area contributed by atoms with Gasteiger partial charge in [0.1, 0.15) is 54.2 Å². The second kappa shape index (κ2) is 21.4. The van der Waals surface area contributed by atoms with Crippen molar-refractivity contribution in [2.75, 3.05) is 44.4 Å². The van der Waals surface area contributed by atoms with Crippen molar-refractivity contribution in [3.05, 3.63) is 106 Å². The molecular weight excluding hydrogens is 1090 g/mol. The molecule has 5 N–H and O–H groups in total. The minimum atomic E-state index is -0.967. The van der Waals surface area contributed by atoms with Gasteiger partial charge in [0.15, 0.2) is 11.5 Å². The van der Waals surface area contributed by atoms with Crippen molar-refractivity contribution in [1.82, 2.24) is 55.7 Å². The van der Waals surface area contributed by atoms with Gasteiger partial charge in [-0.1, -0.05) is 71.8 Å². The van der Waals surface area contributed by atoms with Crippen LogP contribution in [0.1, 0.15) is 79.4 Å². The molecule has 0 spiro atoms. The third-order valence-corrected chi connectivity index (χ3v) is 18.9. The van der Waals surface area contributed by atoms with Crippen LogP contribution in [0.5, 0.6) is 17.5 Å². The number of H-pyrrole nitrogens is 1. The van der Waals surface area contributed by atoms with E-state index < -0.39 is 36.0 Å². The highest BCUT2D eigenvalue weighted by Crippen LogP contribution is 2.55. The number of amides is 2. The average molecular weight is 1150 g/mol. The van der Waals surface area contributed by atoms with Crippen LogP contribution in [0, 0.1) is 25.6 Å². The van der Waals surface area contributed by atoms with Gasteiger partial charge < -0.3 is 49.6 Å². The van der Waals surface area contributed by atoms with E-state index in [0.717, 1.165) is 59.5 Å². The number of aliphatic hydroxyl groups excluding tert-OH is 2. The molecule has 8 aromatic rings. The number of β-amino-alcohol motifs (C(OH)–C–C–N with tert-alkyl or cyclic N) is 1. The predicted octanol–water partition coefficient (Wildman–Crippen LogP) is 7.57. The maximum Gasteiger partial charge on any atom is 0.319 e. The molecule has 23 heteroatoms. The van der Waals surface area contributed by atoms with E-state index in [2.05, 4.69) is 41.0 Å². The Labute approximate surface area is 479 Å². The van der Waals surface area contributed by atoms with Gasteiger partial charge in [-0.2, -0.15) is 15.1 Å². The number of halogens is 2. The van der Waals surface area contributed by atoms with Crippen LogP contribution < -0.4 is 29.7 Å². The van der Waals surface area contributed by atoms with Gasteiger partial charge in [0.2, 0.25) is 11.8 Å². The quantitative estimate of drug-likeness (QED) is 0.0665. The van der Waals surface area contributed by atoms with Crippen molar-refractivity contribution in [3.63, 3.8) is 0 Å². The molecule has 82 heavy (non-hydrogen) atoms. The lowest BCUT2D eigenvalue weighted by Crippen LogP contribution is -2.53. The van der Waals surface area contributed by atoms with Crippen molar-refractivity contribution in [1.29, 1.82) is 0 Å². The minimum absolute atomic E-state index is 0.0221. The Morgan fingerprint density at radius 1 is 1.02 bits per heavy atom. The first-order valence-electron chi connectivity index (χ1n) is 28.1. The van der Waals surface area contributed by atoms with Gasteiger partial charge in [0.05, 0.1) is 82.4 Å². The summed E-state index contributed by atoms with van der Waals surface area (Å²) in [5, 5.41) is 45.8. The number of likely N-dealkylation sites (tertiary alicyclic amines) is 1. The molecule has 1 saturated carbocycles. The molecule has 2 bridgehead atoms. The smallest absolute Gasteiger partial charge is 0.319 e. The summed E-state index contributed by atoms with van der Waals surface area (Å²) in [6.45, 7) is 5.55. The zero-order valence-electron chi connectivity index (χ0n) is 45.1. The Morgan fingerprint density at radius 2 is 1.83 bits per heavy atom. The van der Waals surface area contributed by atoms with E-state index in [4.69, 9.17) is 40.5 Å². The molecule has 0 radical (unpaired) electrons. The van der Waals surface area contributed by atoms with E-state index in [9.17, 15) is 19.8 Å². The molecule has 4 aromatic heterocycles. The van der Waals surface area contributed by atoms with Crippen LogP contribution in [0.2, 0.25) is 5.02 Å². The number of aliphatic hydroxyl groups is 2. The second-order valence-electron chi connectivity index (χ2n) is 22.4. The Hall–Kier alpha value is -7.34. The number of aromatic nitrogens is 8. The predicted molar refractivity (Wildman–Crippen MR) is 303 cm³/mol. The highest BCUT2D eigenvalue weighted by Gasteiger charge is 2.50. The largest absolute Gasteiger partial charge is 0.489 e. The molecule has 9 heterocycles. The number of fused-ring (bicyclic) bond motifs is 7. The first-order chi connectivity index (χ1) is 40.0. The SMILES string of the molecule is Cc1ncsc1-c1ccc([C@H](CO)NC(=O)[C@@H]2C[C@@H](O)CN2C(=O)[C@H](C2CCC2)n2cc(-c3ccc(COc4c(-c5c(C)c(F)cc6[nH]ncc56)c(Cl)c5c6c(nc(OC7CCOCC7)nc46)N4[C@@H]6CN[C@@H](C6)[C@H]4CO5)cc3)nn2)cc1. The summed E-state index contributed by atoms with van der Waals surface area (Å²) in [5.41, 5.74) is 8.56. The summed E-state index contributed by atoms with van der Waals surface area (Å²) in [5.74, 6) is 0.0343. The first-order valence-corrected chi connectivity index (χ1v) is 29.4. The summed E-state index contributed by atoms with van der Waals surface area (Å²) in [7, 11) is 0. The molecule has 0 unspecified atom stereocenters. The molecular formula is C59H60ClFN12O8S. The number of aryl methyl sites for hydroxylation is 1. The zero-order chi connectivity index (χ0) is 55.9. The van der Waals surface area contributed by atoms with E-state index in [-0.39, 0.29) is 73.3 Å². The van der Waals surface area contributed by atoms with Crippen molar-refractivity contribution in [2.24, 2.45) is 5.92 Å². The number of carbonyl (C=O) groups excluding carboxylic acids is 2.